The molecule has 0 heterocycles. The Bertz CT molecular complexity index is 522. The maximum Gasteiger partial charge on any atom is 0.155 e. The van der Waals surface area contributed by atoms with E-state index in [9.17, 15) is 4.79 Å². The topological polar surface area (TPSA) is 17.1 Å². The first-order valence-electron chi connectivity index (χ1n) is 4.94. The van der Waals surface area contributed by atoms with Crippen LogP contribution in [-0.4, -0.2) is 13.6 Å². The Morgan fingerprint density at radius 2 is 1.80 bits per heavy atom. The first kappa shape index (κ1) is 10.4. The van der Waals surface area contributed by atoms with E-state index >= 15 is 0 Å². The number of Topliss-reactive ketones (excluding diaryl/α,β-unsaturated/α-hetero) is 1. The van der Waals surface area contributed by atoms with Crippen molar-refractivity contribution in [3.8, 4) is 0 Å². The van der Waals surface area contributed by atoms with Crippen molar-refractivity contribution in [3.63, 3.8) is 0 Å². The number of ketones is 1. The third-order valence-corrected chi connectivity index (χ3v) is 3.18. The standard InChI is InChI=1S/C12H10BBrO/c13-7-12(15)10-5-1-4-9-8(10)3-2-6-11(9)14/h1-6H,7,13H2. The van der Waals surface area contributed by atoms with Gasteiger partial charge in [-0.15, -0.1) is 0 Å². The van der Waals surface area contributed by atoms with Crippen LogP contribution in [0.4, 0.5) is 0 Å². The Morgan fingerprint density at radius 1 is 1.13 bits per heavy atom. The number of carbonyl (C=O) groups is 1. The van der Waals surface area contributed by atoms with E-state index in [0.29, 0.717) is 6.32 Å². The molecule has 0 amide bonds. The monoisotopic (exact) mass is 260 g/mol. The summed E-state index contributed by atoms with van der Waals surface area (Å²) in [5.74, 6) is 0.193. The average molecular weight is 261 g/mol. The van der Waals surface area contributed by atoms with Crippen molar-refractivity contribution in [3.05, 3.63) is 46.4 Å². The van der Waals surface area contributed by atoms with Gasteiger partial charge in [0, 0.05) is 10.0 Å². The molecule has 15 heavy (non-hydrogen) atoms. The number of carbonyl (C=O) groups excluding carboxylic acids is 1. The van der Waals surface area contributed by atoms with Gasteiger partial charge >= 0.3 is 0 Å². The molecule has 0 aliphatic heterocycles. The third kappa shape index (κ3) is 1.84. The minimum atomic E-state index is 0.193. The zero-order valence-electron chi connectivity index (χ0n) is 8.46. The van der Waals surface area contributed by atoms with Gasteiger partial charge in [0.15, 0.2) is 5.78 Å². The summed E-state index contributed by atoms with van der Waals surface area (Å²) in [6, 6.07) is 11.8. The lowest BCUT2D eigenvalue weighted by Gasteiger charge is -2.05. The highest BCUT2D eigenvalue weighted by Crippen LogP contribution is 2.26. The summed E-state index contributed by atoms with van der Waals surface area (Å²) in [4.78, 5) is 11.7. The molecule has 0 fully saturated rings. The lowest BCUT2D eigenvalue weighted by molar-refractivity contribution is 0.101. The number of halogens is 1. The predicted octanol–water partition coefficient (Wildman–Crippen LogP) is 2.84. The van der Waals surface area contributed by atoms with Crippen molar-refractivity contribution in [1.82, 2.24) is 0 Å². The summed E-state index contributed by atoms with van der Waals surface area (Å²) < 4.78 is 1.03. The maximum absolute atomic E-state index is 11.7. The minimum absolute atomic E-state index is 0.193. The molecule has 0 aromatic heterocycles. The van der Waals surface area contributed by atoms with Crippen molar-refractivity contribution in [2.75, 3.05) is 0 Å². The maximum atomic E-state index is 11.7. The van der Waals surface area contributed by atoms with Gasteiger partial charge in [0.1, 0.15) is 7.85 Å². The Morgan fingerprint density at radius 3 is 2.53 bits per heavy atom. The van der Waals surface area contributed by atoms with Crippen LogP contribution in [-0.2, 0) is 0 Å². The van der Waals surface area contributed by atoms with E-state index in [1.807, 2.05) is 44.2 Å². The number of fused-ring (bicyclic) bond motifs is 1. The molecule has 0 radical (unpaired) electrons. The second kappa shape index (κ2) is 4.19. The molecule has 0 unspecified atom stereocenters. The lowest BCUT2D eigenvalue weighted by Crippen LogP contribution is -1.98. The van der Waals surface area contributed by atoms with Crippen LogP contribution in [0.2, 0.25) is 6.32 Å². The first-order valence-corrected chi connectivity index (χ1v) is 5.73. The quantitative estimate of drug-likeness (QED) is 0.600. The summed E-state index contributed by atoms with van der Waals surface area (Å²) in [6.07, 6.45) is 0.547. The molecular formula is C12H10BBrO. The second-order valence-corrected chi connectivity index (χ2v) is 4.27. The van der Waals surface area contributed by atoms with Gasteiger partial charge in [-0.3, -0.25) is 4.79 Å². The molecule has 0 saturated carbocycles. The van der Waals surface area contributed by atoms with Crippen LogP contribution in [0.15, 0.2) is 40.9 Å². The van der Waals surface area contributed by atoms with Crippen molar-refractivity contribution in [2.24, 2.45) is 0 Å². The second-order valence-electron chi connectivity index (χ2n) is 3.42. The molecular weight excluding hydrogens is 251 g/mol. The zero-order chi connectivity index (χ0) is 10.8. The fraction of sp³-hybridized carbons (Fsp3) is 0.0833. The van der Waals surface area contributed by atoms with Crippen LogP contribution in [0.1, 0.15) is 10.4 Å². The van der Waals surface area contributed by atoms with Gasteiger partial charge in [-0.1, -0.05) is 46.3 Å². The van der Waals surface area contributed by atoms with E-state index < -0.39 is 0 Å². The summed E-state index contributed by atoms with van der Waals surface area (Å²) in [6.45, 7) is 0. The van der Waals surface area contributed by atoms with Crippen LogP contribution < -0.4 is 0 Å². The van der Waals surface area contributed by atoms with Crippen molar-refractivity contribution in [1.29, 1.82) is 0 Å². The molecule has 0 N–H and O–H groups in total. The molecule has 0 aliphatic rings. The fourth-order valence-corrected chi connectivity index (χ4v) is 2.20. The van der Waals surface area contributed by atoms with E-state index in [0.717, 1.165) is 20.8 Å². The highest BCUT2D eigenvalue weighted by Gasteiger charge is 2.08. The number of hydrogen-bond donors (Lipinski definition) is 0. The molecule has 2 rings (SSSR count). The molecule has 3 heteroatoms. The third-order valence-electron chi connectivity index (χ3n) is 2.49. The van der Waals surface area contributed by atoms with Gasteiger partial charge in [0.2, 0.25) is 0 Å². The average Bonchev–Trinajstić information content (AvgIpc) is 2.28. The van der Waals surface area contributed by atoms with E-state index in [1.54, 1.807) is 0 Å². The number of hydrogen-bond acceptors (Lipinski definition) is 1. The molecule has 2 aromatic rings. The SMILES string of the molecule is BCC(=O)c1cccc2c(Br)cccc12. The van der Waals surface area contributed by atoms with E-state index in [-0.39, 0.29) is 5.78 Å². The molecule has 0 atom stereocenters. The highest BCUT2D eigenvalue weighted by molar-refractivity contribution is 9.10. The number of rotatable bonds is 2. The van der Waals surface area contributed by atoms with Gasteiger partial charge in [-0.25, -0.2) is 0 Å². The Labute approximate surface area is 98.0 Å². The molecule has 74 valence electrons. The molecule has 0 spiro atoms. The van der Waals surface area contributed by atoms with Crippen molar-refractivity contribution < 1.29 is 4.79 Å². The normalized spacial score (nSPS) is 10.5. The minimum Gasteiger partial charge on any atom is -0.295 e. The summed E-state index contributed by atoms with van der Waals surface area (Å²) in [5, 5.41) is 2.12. The van der Waals surface area contributed by atoms with Crippen molar-refractivity contribution >= 4 is 40.3 Å². The molecule has 0 bridgehead atoms. The van der Waals surface area contributed by atoms with Crippen LogP contribution >= 0.6 is 15.9 Å². The fourth-order valence-electron chi connectivity index (χ4n) is 1.71. The van der Waals surface area contributed by atoms with Crippen LogP contribution in [0, 0.1) is 0 Å². The molecule has 1 nitrogen and oxygen atoms in total. The van der Waals surface area contributed by atoms with Crippen LogP contribution in [0.5, 0.6) is 0 Å². The van der Waals surface area contributed by atoms with Gasteiger partial charge in [-0.2, -0.15) is 0 Å². The Hall–Kier alpha value is -1.09. The predicted molar refractivity (Wildman–Crippen MR) is 69.3 cm³/mol. The largest absolute Gasteiger partial charge is 0.295 e. The van der Waals surface area contributed by atoms with Crippen LogP contribution in [0.3, 0.4) is 0 Å². The van der Waals surface area contributed by atoms with E-state index in [2.05, 4.69) is 15.9 Å². The van der Waals surface area contributed by atoms with Gasteiger partial charge in [-0.05, 0) is 23.2 Å². The Balaban J connectivity index is 2.77. The lowest BCUT2D eigenvalue weighted by atomic mass is 9.93. The zero-order valence-corrected chi connectivity index (χ0v) is 10.0. The van der Waals surface area contributed by atoms with Crippen LogP contribution in [0.25, 0.3) is 10.8 Å². The summed E-state index contributed by atoms with van der Waals surface area (Å²) in [7, 11) is 1.89. The van der Waals surface area contributed by atoms with E-state index in [4.69, 9.17) is 0 Å². The van der Waals surface area contributed by atoms with Crippen molar-refractivity contribution in [2.45, 2.75) is 6.32 Å². The number of benzene rings is 2. The smallest absolute Gasteiger partial charge is 0.155 e. The Kier molecular flexibility index (Phi) is 2.92. The highest BCUT2D eigenvalue weighted by atomic mass is 79.9. The van der Waals surface area contributed by atoms with Gasteiger partial charge in [0.25, 0.3) is 0 Å². The molecule has 0 aliphatic carbocycles. The van der Waals surface area contributed by atoms with Gasteiger partial charge in [0.05, 0.1) is 0 Å². The first-order chi connectivity index (χ1) is 7.24. The van der Waals surface area contributed by atoms with Gasteiger partial charge < -0.3 is 0 Å². The van der Waals surface area contributed by atoms with E-state index in [1.165, 1.54) is 0 Å². The molecule has 0 saturated heterocycles. The summed E-state index contributed by atoms with van der Waals surface area (Å²) in [5.41, 5.74) is 0.816. The molecule has 2 aromatic carbocycles. The summed E-state index contributed by atoms with van der Waals surface area (Å²) >= 11 is 3.49.